The van der Waals surface area contributed by atoms with Crippen LogP contribution in [0.25, 0.3) is 11.4 Å². The molecule has 7 heteroatoms. The van der Waals surface area contributed by atoms with Crippen molar-refractivity contribution in [2.45, 2.75) is 13.3 Å². The number of amides is 1. The van der Waals surface area contributed by atoms with Crippen LogP contribution in [-0.2, 0) is 11.2 Å². The van der Waals surface area contributed by atoms with Crippen molar-refractivity contribution in [3.63, 3.8) is 0 Å². The number of aliphatic carboxylic acids is 1. The summed E-state index contributed by atoms with van der Waals surface area (Å²) in [7, 11) is 1.45. The average Bonchev–Trinajstić information content (AvgIpc) is 2.95. The topological polar surface area (TPSA) is 99.2 Å². The van der Waals surface area contributed by atoms with Gasteiger partial charge in [0.05, 0.1) is 0 Å². The van der Waals surface area contributed by atoms with E-state index in [0.717, 1.165) is 22.7 Å². The largest absolute Gasteiger partial charge is 0.480 e. The monoisotopic (exact) mass is 288 g/mol. The number of H-pyrrole nitrogens is 1. The van der Waals surface area contributed by atoms with Crippen LogP contribution < -0.4 is 0 Å². The van der Waals surface area contributed by atoms with Gasteiger partial charge >= 0.3 is 5.97 Å². The second-order valence-corrected chi connectivity index (χ2v) is 4.59. The summed E-state index contributed by atoms with van der Waals surface area (Å²) in [5.74, 6) is -0.0143. The number of benzene rings is 1. The quantitative estimate of drug-likeness (QED) is 0.861. The fourth-order valence-corrected chi connectivity index (χ4v) is 1.84. The molecule has 0 fully saturated rings. The first-order valence-corrected chi connectivity index (χ1v) is 6.50. The van der Waals surface area contributed by atoms with Gasteiger partial charge in [-0.1, -0.05) is 19.1 Å². The van der Waals surface area contributed by atoms with Crippen molar-refractivity contribution in [3.05, 3.63) is 35.7 Å². The van der Waals surface area contributed by atoms with Crippen molar-refractivity contribution in [2.24, 2.45) is 0 Å². The molecule has 110 valence electrons. The second-order valence-electron chi connectivity index (χ2n) is 4.59. The van der Waals surface area contributed by atoms with Crippen LogP contribution in [0.5, 0.6) is 0 Å². The summed E-state index contributed by atoms with van der Waals surface area (Å²) in [5, 5.41) is 15.6. The number of carboxylic acid groups (broad SMARTS) is 1. The molecule has 0 aliphatic rings. The minimum Gasteiger partial charge on any atom is -0.480 e. The van der Waals surface area contributed by atoms with Crippen LogP contribution in [0.4, 0.5) is 0 Å². The summed E-state index contributed by atoms with van der Waals surface area (Å²) in [6, 6.07) is 6.75. The molecule has 7 nitrogen and oxygen atoms in total. The molecule has 1 amide bonds. The van der Waals surface area contributed by atoms with Gasteiger partial charge in [0.15, 0.2) is 5.82 Å². The Balaban J connectivity index is 2.15. The number of hydrogen-bond donors (Lipinski definition) is 2. The Morgan fingerprint density at radius 2 is 1.95 bits per heavy atom. The highest BCUT2D eigenvalue weighted by atomic mass is 16.4. The lowest BCUT2D eigenvalue weighted by molar-refractivity contribution is -0.137. The smallest absolute Gasteiger partial charge is 0.323 e. The Hall–Kier alpha value is -2.70. The van der Waals surface area contributed by atoms with Crippen LogP contribution in [0.15, 0.2) is 24.3 Å². The van der Waals surface area contributed by atoms with Crippen LogP contribution in [-0.4, -0.2) is 50.7 Å². The lowest BCUT2D eigenvalue weighted by Gasteiger charge is -2.14. The number of rotatable bonds is 5. The molecule has 2 aromatic rings. The highest BCUT2D eigenvalue weighted by molar-refractivity contribution is 5.96. The van der Waals surface area contributed by atoms with Crippen molar-refractivity contribution in [1.29, 1.82) is 0 Å². The van der Waals surface area contributed by atoms with Crippen LogP contribution >= 0.6 is 0 Å². The summed E-state index contributed by atoms with van der Waals surface area (Å²) < 4.78 is 0. The normalized spacial score (nSPS) is 10.4. The minimum atomic E-state index is -1.05. The molecule has 0 aliphatic carbocycles. The summed E-state index contributed by atoms with van der Waals surface area (Å²) in [6.45, 7) is 1.64. The van der Waals surface area contributed by atoms with Gasteiger partial charge in [-0.25, -0.2) is 4.98 Å². The van der Waals surface area contributed by atoms with E-state index >= 15 is 0 Å². The number of hydrogen-bond acceptors (Lipinski definition) is 4. The third-order valence-electron chi connectivity index (χ3n) is 2.98. The molecule has 0 saturated heterocycles. The number of carbonyl (C=O) groups is 2. The third kappa shape index (κ3) is 3.44. The Morgan fingerprint density at radius 3 is 2.48 bits per heavy atom. The van der Waals surface area contributed by atoms with Gasteiger partial charge in [-0.2, -0.15) is 5.10 Å². The van der Waals surface area contributed by atoms with Gasteiger partial charge in [-0.3, -0.25) is 14.7 Å². The van der Waals surface area contributed by atoms with E-state index in [9.17, 15) is 9.59 Å². The number of aromatic nitrogens is 3. The molecular formula is C14H16N4O3. The number of carboxylic acids is 1. The van der Waals surface area contributed by atoms with Crippen molar-refractivity contribution >= 4 is 11.9 Å². The highest BCUT2D eigenvalue weighted by Crippen LogP contribution is 2.16. The predicted octanol–water partition coefficient (Wildman–Crippen LogP) is 1.19. The first-order chi connectivity index (χ1) is 10.0. The molecule has 0 spiro atoms. The van der Waals surface area contributed by atoms with Crippen molar-refractivity contribution < 1.29 is 14.7 Å². The molecule has 0 radical (unpaired) electrons. The fraction of sp³-hybridized carbons (Fsp3) is 0.286. The Labute approximate surface area is 121 Å². The Kier molecular flexibility index (Phi) is 4.32. The van der Waals surface area contributed by atoms with Crippen molar-refractivity contribution in [2.75, 3.05) is 13.6 Å². The maximum absolute atomic E-state index is 12.0. The van der Waals surface area contributed by atoms with E-state index < -0.39 is 5.97 Å². The van der Waals surface area contributed by atoms with E-state index in [-0.39, 0.29) is 12.5 Å². The standard InChI is InChI=1S/C14H16N4O3/c1-3-11-15-13(17-16-11)9-4-6-10(7-5-9)14(21)18(2)8-12(19)20/h4-7H,3,8H2,1-2H3,(H,19,20)(H,15,16,17). The molecule has 0 unspecified atom stereocenters. The van der Waals surface area contributed by atoms with E-state index in [0.29, 0.717) is 11.4 Å². The van der Waals surface area contributed by atoms with Gasteiger partial charge in [0.2, 0.25) is 0 Å². The molecule has 2 N–H and O–H groups in total. The molecule has 0 saturated carbocycles. The molecule has 0 bridgehead atoms. The van der Waals surface area contributed by atoms with Crippen molar-refractivity contribution in [1.82, 2.24) is 20.1 Å². The molecule has 1 heterocycles. The lowest BCUT2D eigenvalue weighted by Crippen LogP contribution is -2.31. The highest BCUT2D eigenvalue weighted by Gasteiger charge is 2.14. The van der Waals surface area contributed by atoms with E-state index in [4.69, 9.17) is 5.11 Å². The Bertz CT molecular complexity index is 648. The predicted molar refractivity (Wildman–Crippen MR) is 75.8 cm³/mol. The Morgan fingerprint density at radius 1 is 1.29 bits per heavy atom. The lowest BCUT2D eigenvalue weighted by atomic mass is 10.1. The molecule has 0 atom stereocenters. The molecule has 21 heavy (non-hydrogen) atoms. The van der Waals surface area contributed by atoms with Crippen LogP contribution in [0.3, 0.4) is 0 Å². The molecule has 1 aromatic carbocycles. The molecule has 0 aliphatic heterocycles. The number of aromatic amines is 1. The summed E-state index contributed by atoms with van der Waals surface area (Å²) in [6.07, 6.45) is 0.767. The summed E-state index contributed by atoms with van der Waals surface area (Å²) in [5.41, 5.74) is 1.22. The zero-order valence-corrected chi connectivity index (χ0v) is 11.8. The van der Waals surface area contributed by atoms with E-state index in [2.05, 4.69) is 15.2 Å². The first-order valence-electron chi connectivity index (χ1n) is 6.50. The number of likely N-dealkylation sites (N-methyl/N-ethyl adjacent to an activating group) is 1. The van der Waals surface area contributed by atoms with Crippen LogP contribution in [0, 0.1) is 0 Å². The molecular weight excluding hydrogens is 272 g/mol. The van der Waals surface area contributed by atoms with Gasteiger partial charge in [-0.05, 0) is 12.1 Å². The van der Waals surface area contributed by atoms with Crippen LogP contribution in [0.2, 0.25) is 0 Å². The van der Waals surface area contributed by atoms with E-state index in [1.165, 1.54) is 7.05 Å². The zero-order valence-electron chi connectivity index (χ0n) is 11.8. The van der Waals surface area contributed by atoms with E-state index in [1.54, 1.807) is 24.3 Å². The van der Waals surface area contributed by atoms with Gasteiger partial charge in [0.1, 0.15) is 12.4 Å². The SMILES string of the molecule is CCc1nc(-c2ccc(C(=O)N(C)CC(=O)O)cc2)n[nH]1. The van der Waals surface area contributed by atoms with Crippen LogP contribution in [0.1, 0.15) is 23.1 Å². The molecule has 2 rings (SSSR count). The van der Waals surface area contributed by atoms with E-state index in [1.807, 2.05) is 6.92 Å². The summed E-state index contributed by atoms with van der Waals surface area (Å²) >= 11 is 0. The van der Waals surface area contributed by atoms with Gasteiger partial charge in [-0.15, -0.1) is 0 Å². The average molecular weight is 288 g/mol. The third-order valence-corrected chi connectivity index (χ3v) is 2.98. The summed E-state index contributed by atoms with van der Waals surface area (Å²) in [4.78, 5) is 28.1. The number of nitrogens with one attached hydrogen (secondary N) is 1. The van der Waals surface area contributed by atoms with Crippen molar-refractivity contribution in [3.8, 4) is 11.4 Å². The number of carbonyl (C=O) groups excluding carboxylic acids is 1. The molecule has 1 aromatic heterocycles. The van der Waals surface area contributed by atoms with Gasteiger partial charge < -0.3 is 10.0 Å². The zero-order chi connectivity index (χ0) is 15.4. The number of nitrogens with zero attached hydrogens (tertiary/aromatic N) is 3. The maximum Gasteiger partial charge on any atom is 0.323 e. The fourth-order valence-electron chi connectivity index (χ4n) is 1.84. The minimum absolute atomic E-state index is 0.332. The maximum atomic E-state index is 12.0. The first kappa shape index (κ1) is 14.7. The second kappa shape index (κ2) is 6.17. The van der Waals surface area contributed by atoms with Gasteiger partial charge in [0, 0.05) is 24.6 Å². The number of aryl methyl sites for hydroxylation is 1. The van der Waals surface area contributed by atoms with Gasteiger partial charge in [0.25, 0.3) is 5.91 Å².